The van der Waals surface area contributed by atoms with E-state index < -0.39 is 5.91 Å². The van der Waals surface area contributed by atoms with Gasteiger partial charge in [-0.15, -0.1) is 0 Å². The summed E-state index contributed by atoms with van der Waals surface area (Å²) in [6.45, 7) is 6.57. The average Bonchev–Trinajstić information content (AvgIpc) is 2.80. The van der Waals surface area contributed by atoms with Crippen molar-refractivity contribution in [3.8, 4) is 17.6 Å². The van der Waals surface area contributed by atoms with Crippen molar-refractivity contribution in [1.29, 1.82) is 5.26 Å². The predicted molar refractivity (Wildman–Crippen MR) is 132 cm³/mol. The van der Waals surface area contributed by atoms with Gasteiger partial charge in [-0.25, -0.2) is 0 Å². The molecule has 0 bridgehead atoms. The van der Waals surface area contributed by atoms with E-state index in [9.17, 15) is 10.1 Å². The van der Waals surface area contributed by atoms with Crippen LogP contribution in [0, 0.1) is 25.2 Å². The van der Waals surface area contributed by atoms with Crippen LogP contribution >= 0.6 is 11.6 Å². The zero-order valence-corrected chi connectivity index (χ0v) is 19.6. The molecule has 0 radical (unpaired) electrons. The van der Waals surface area contributed by atoms with Crippen molar-refractivity contribution in [3.05, 3.63) is 93.5 Å². The second kappa shape index (κ2) is 11.2. The SMILES string of the molecule is CCOc1cc(/C=C(\C#N)C(=O)Nc2ccc(C)c(C)c2)ccc1OCc1ccccc1Cl. The molecule has 0 saturated heterocycles. The van der Waals surface area contributed by atoms with Crippen LogP contribution < -0.4 is 14.8 Å². The Labute approximate surface area is 199 Å². The minimum absolute atomic E-state index is 0.0135. The maximum absolute atomic E-state index is 12.6. The number of halogens is 1. The van der Waals surface area contributed by atoms with Crippen LogP contribution in [0.3, 0.4) is 0 Å². The van der Waals surface area contributed by atoms with E-state index in [0.717, 1.165) is 16.7 Å². The molecule has 33 heavy (non-hydrogen) atoms. The fraction of sp³-hybridized carbons (Fsp3) is 0.185. The van der Waals surface area contributed by atoms with Gasteiger partial charge in [-0.3, -0.25) is 4.79 Å². The normalized spacial score (nSPS) is 10.9. The lowest BCUT2D eigenvalue weighted by molar-refractivity contribution is -0.112. The summed E-state index contributed by atoms with van der Waals surface area (Å²) in [6.07, 6.45) is 1.52. The Kier molecular flexibility index (Phi) is 8.12. The summed E-state index contributed by atoms with van der Waals surface area (Å²) in [4.78, 5) is 12.6. The molecule has 3 aromatic rings. The molecular weight excluding hydrogens is 436 g/mol. The molecule has 168 valence electrons. The van der Waals surface area contributed by atoms with Gasteiger partial charge >= 0.3 is 0 Å². The van der Waals surface area contributed by atoms with Crippen molar-refractivity contribution in [1.82, 2.24) is 0 Å². The number of nitriles is 1. The minimum atomic E-state index is -0.474. The van der Waals surface area contributed by atoms with Crippen LogP contribution in [-0.2, 0) is 11.4 Å². The Hall–Kier alpha value is -3.75. The van der Waals surface area contributed by atoms with E-state index in [1.807, 2.05) is 69.3 Å². The highest BCUT2D eigenvalue weighted by molar-refractivity contribution is 6.31. The number of aryl methyl sites for hydroxylation is 2. The van der Waals surface area contributed by atoms with E-state index in [1.54, 1.807) is 18.2 Å². The molecule has 0 saturated carbocycles. The summed E-state index contributed by atoms with van der Waals surface area (Å²) >= 11 is 6.21. The lowest BCUT2D eigenvalue weighted by Crippen LogP contribution is -2.13. The van der Waals surface area contributed by atoms with Gasteiger partial charge in [0, 0.05) is 16.3 Å². The lowest BCUT2D eigenvalue weighted by atomic mass is 10.1. The Morgan fingerprint density at radius 1 is 1.03 bits per heavy atom. The van der Waals surface area contributed by atoms with Crippen molar-refractivity contribution >= 4 is 29.3 Å². The largest absolute Gasteiger partial charge is 0.490 e. The molecule has 1 N–H and O–H groups in total. The first-order valence-electron chi connectivity index (χ1n) is 10.5. The second-order valence-electron chi connectivity index (χ2n) is 7.44. The highest BCUT2D eigenvalue weighted by Crippen LogP contribution is 2.31. The minimum Gasteiger partial charge on any atom is -0.490 e. The summed E-state index contributed by atoms with van der Waals surface area (Å²) in [5.74, 6) is 0.593. The number of anilines is 1. The predicted octanol–water partition coefficient (Wildman–Crippen LogP) is 6.48. The fourth-order valence-corrected chi connectivity index (χ4v) is 3.30. The first kappa shape index (κ1) is 23.9. The molecule has 0 heterocycles. The molecule has 1 amide bonds. The van der Waals surface area contributed by atoms with Gasteiger partial charge < -0.3 is 14.8 Å². The summed E-state index contributed by atoms with van der Waals surface area (Å²) in [5.41, 5.74) is 4.33. The van der Waals surface area contributed by atoms with Crippen LogP contribution in [-0.4, -0.2) is 12.5 Å². The molecule has 0 spiro atoms. The van der Waals surface area contributed by atoms with Crippen molar-refractivity contribution < 1.29 is 14.3 Å². The van der Waals surface area contributed by atoms with Gasteiger partial charge in [0.05, 0.1) is 6.61 Å². The summed E-state index contributed by atoms with van der Waals surface area (Å²) in [7, 11) is 0. The van der Waals surface area contributed by atoms with Crippen LogP contribution in [0.5, 0.6) is 11.5 Å². The number of ether oxygens (including phenoxy) is 2. The van der Waals surface area contributed by atoms with E-state index in [1.165, 1.54) is 6.08 Å². The monoisotopic (exact) mass is 460 g/mol. The topological polar surface area (TPSA) is 71.3 Å². The number of nitrogens with one attached hydrogen (secondary N) is 1. The molecule has 0 aliphatic heterocycles. The van der Waals surface area contributed by atoms with Gasteiger partial charge in [-0.2, -0.15) is 5.26 Å². The maximum Gasteiger partial charge on any atom is 0.266 e. The van der Waals surface area contributed by atoms with E-state index >= 15 is 0 Å². The third kappa shape index (κ3) is 6.38. The summed E-state index contributed by atoms with van der Waals surface area (Å²) < 4.78 is 11.6. The van der Waals surface area contributed by atoms with Gasteiger partial charge in [-0.05, 0) is 73.9 Å². The quantitative estimate of drug-likeness (QED) is 0.308. The molecule has 5 nitrogen and oxygen atoms in total. The number of hydrogen-bond acceptors (Lipinski definition) is 4. The second-order valence-corrected chi connectivity index (χ2v) is 7.85. The number of carbonyl (C=O) groups excluding carboxylic acids is 1. The number of amides is 1. The number of nitrogens with zero attached hydrogens (tertiary/aromatic N) is 1. The van der Waals surface area contributed by atoms with Gasteiger partial charge in [-0.1, -0.05) is 41.9 Å². The molecule has 3 aromatic carbocycles. The van der Waals surface area contributed by atoms with Gasteiger partial charge in [0.15, 0.2) is 11.5 Å². The zero-order chi connectivity index (χ0) is 23.8. The van der Waals surface area contributed by atoms with E-state index in [0.29, 0.717) is 34.4 Å². The molecule has 0 aromatic heterocycles. The number of rotatable bonds is 8. The van der Waals surface area contributed by atoms with E-state index in [2.05, 4.69) is 5.32 Å². The Balaban J connectivity index is 1.79. The maximum atomic E-state index is 12.6. The molecular formula is C27H25ClN2O3. The number of benzene rings is 3. The van der Waals surface area contributed by atoms with Crippen LogP contribution in [0.15, 0.2) is 66.2 Å². The molecule has 0 unspecified atom stereocenters. The Morgan fingerprint density at radius 2 is 1.82 bits per heavy atom. The molecule has 3 rings (SSSR count). The third-order valence-corrected chi connectivity index (χ3v) is 5.42. The van der Waals surface area contributed by atoms with Crippen molar-refractivity contribution in [2.24, 2.45) is 0 Å². The molecule has 0 fully saturated rings. The zero-order valence-electron chi connectivity index (χ0n) is 18.8. The van der Waals surface area contributed by atoms with Crippen LogP contribution in [0.25, 0.3) is 6.08 Å². The molecule has 0 aliphatic rings. The first-order chi connectivity index (χ1) is 15.9. The summed E-state index contributed by atoms with van der Waals surface area (Å²) in [6, 6.07) is 20.3. The summed E-state index contributed by atoms with van der Waals surface area (Å²) in [5, 5.41) is 13.0. The van der Waals surface area contributed by atoms with E-state index in [4.69, 9.17) is 21.1 Å². The highest BCUT2D eigenvalue weighted by Gasteiger charge is 2.12. The molecule has 0 atom stereocenters. The van der Waals surface area contributed by atoms with Crippen molar-refractivity contribution in [2.75, 3.05) is 11.9 Å². The molecule has 0 aliphatic carbocycles. The Morgan fingerprint density at radius 3 is 2.52 bits per heavy atom. The van der Waals surface area contributed by atoms with Gasteiger partial charge in [0.2, 0.25) is 0 Å². The van der Waals surface area contributed by atoms with Crippen LogP contribution in [0.2, 0.25) is 5.02 Å². The highest BCUT2D eigenvalue weighted by atomic mass is 35.5. The smallest absolute Gasteiger partial charge is 0.266 e. The van der Waals surface area contributed by atoms with Crippen LogP contribution in [0.1, 0.15) is 29.2 Å². The molecule has 6 heteroatoms. The Bertz CT molecular complexity index is 1230. The van der Waals surface area contributed by atoms with Crippen molar-refractivity contribution in [3.63, 3.8) is 0 Å². The van der Waals surface area contributed by atoms with Gasteiger partial charge in [0.1, 0.15) is 18.2 Å². The standard InChI is InChI=1S/C27H25ClN2O3/c1-4-32-26-15-20(10-12-25(26)33-17-21-7-5-6-8-24(21)28)14-22(16-29)27(31)30-23-11-9-18(2)19(3)13-23/h5-15H,4,17H2,1-3H3,(H,30,31)/b22-14+. The average molecular weight is 461 g/mol. The first-order valence-corrected chi connectivity index (χ1v) is 10.9. The number of carbonyl (C=O) groups is 1. The van der Waals surface area contributed by atoms with Crippen LogP contribution in [0.4, 0.5) is 5.69 Å². The lowest BCUT2D eigenvalue weighted by Gasteiger charge is -2.13. The van der Waals surface area contributed by atoms with Crippen molar-refractivity contribution in [2.45, 2.75) is 27.4 Å². The number of hydrogen-bond donors (Lipinski definition) is 1. The van der Waals surface area contributed by atoms with E-state index in [-0.39, 0.29) is 12.2 Å². The van der Waals surface area contributed by atoms with Gasteiger partial charge in [0.25, 0.3) is 5.91 Å². The fourth-order valence-electron chi connectivity index (χ4n) is 3.11. The third-order valence-electron chi connectivity index (χ3n) is 5.05.